The lowest BCUT2D eigenvalue weighted by Gasteiger charge is -2.25. The van der Waals surface area contributed by atoms with Crippen LogP contribution in [0.3, 0.4) is 0 Å². The number of halogens is 1. The molecule has 0 saturated heterocycles. The van der Waals surface area contributed by atoms with Crippen LogP contribution in [-0.2, 0) is 16.6 Å². The molecule has 0 aliphatic heterocycles. The maximum Gasteiger partial charge on any atom is 0.264 e. The van der Waals surface area contributed by atoms with Gasteiger partial charge in [0.15, 0.2) is 0 Å². The van der Waals surface area contributed by atoms with Crippen molar-refractivity contribution in [3.8, 4) is 5.75 Å². The van der Waals surface area contributed by atoms with Gasteiger partial charge in [-0.15, -0.1) is 0 Å². The first-order valence-electron chi connectivity index (χ1n) is 8.38. The number of methoxy groups -OCH3 is 1. The molecule has 0 heterocycles. The summed E-state index contributed by atoms with van der Waals surface area (Å²) >= 11 is 0. The van der Waals surface area contributed by atoms with Crippen molar-refractivity contribution < 1.29 is 17.5 Å². The van der Waals surface area contributed by atoms with Crippen molar-refractivity contribution in [2.24, 2.45) is 0 Å². The second-order valence-electron chi connectivity index (χ2n) is 6.15. The van der Waals surface area contributed by atoms with Gasteiger partial charge in [-0.05, 0) is 61.0 Å². The van der Waals surface area contributed by atoms with Crippen LogP contribution < -0.4 is 9.04 Å². The van der Waals surface area contributed by atoms with Gasteiger partial charge in [-0.25, -0.2) is 12.8 Å². The van der Waals surface area contributed by atoms with Crippen LogP contribution in [0.1, 0.15) is 11.1 Å². The van der Waals surface area contributed by atoms with Crippen LogP contribution in [0, 0.1) is 12.7 Å². The smallest absolute Gasteiger partial charge is 0.264 e. The number of aryl methyl sites for hydroxylation is 1. The molecule has 0 saturated carbocycles. The molecule has 0 aliphatic carbocycles. The number of nitrogens with zero attached hydrogens (tertiary/aromatic N) is 1. The van der Waals surface area contributed by atoms with Crippen LogP contribution in [0.25, 0.3) is 0 Å². The van der Waals surface area contributed by atoms with E-state index in [2.05, 4.69) is 0 Å². The maximum absolute atomic E-state index is 13.4. The summed E-state index contributed by atoms with van der Waals surface area (Å²) in [5.41, 5.74) is 2.12. The number of sulfonamides is 1. The van der Waals surface area contributed by atoms with E-state index in [1.807, 2.05) is 13.0 Å². The fraction of sp³-hybridized carbons (Fsp3) is 0.143. The van der Waals surface area contributed by atoms with Gasteiger partial charge in [0.25, 0.3) is 10.0 Å². The van der Waals surface area contributed by atoms with Gasteiger partial charge < -0.3 is 4.74 Å². The van der Waals surface area contributed by atoms with Crippen molar-refractivity contribution in [2.75, 3.05) is 11.4 Å². The van der Waals surface area contributed by atoms with Crippen molar-refractivity contribution in [3.05, 3.63) is 89.7 Å². The third-order valence-corrected chi connectivity index (χ3v) is 5.97. The molecule has 3 aromatic rings. The Morgan fingerprint density at radius 3 is 2.26 bits per heavy atom. The Balaban J connectivity index is 2.06. The minimum absolute atomic E-state index is 0.0963. The van der Waals surface area contributed by atoms with Crippen molar-refractivity contribution >= 4 is 15.7 Å². The fourth-order valence-electron chi connectivity index (χ4n) is 2.70. The van der Waals surface area contributed by atoms with Crippen molar-refractivity contribution in [1.29, 1.82) is 0 Å². The second-order valence-corrected chi connectivity index (χ2v) is 8.01. The molecule has 0 unspecified atom stereocenters. The molecule has 4 nitrogen and oxygen atoms in total. The highest BCUT2D eigenvalue weighted by Gasteiger charge is 2.25. The van der Waals surface area contributed by atoms with Gasteiger partial charge in [0.1, 0.15) is 11.6 Å². The third kappa shape index (κ3) is 4.28. The first-order valence-corrected chi connectivity index (χ1v) is 9.82. The first kappa shape index (κ1) is 18.9. The monoisotopic (exact) mass is 385 g/mol. The highest BCUT2D eigenvalue weighted by atomic mass is 32.2. The summed E-state index contributed by atoms with van der Waals surface area (Å²) < 4.78 is 46.4. The zero-order chi connectivity index (χ0) is 19.4. The molecule has 27 heavy (non-hydrogen) atoms. The third-order valence-electron chi connectivity index (χ3n) is 4.18. The largest absolute Gasteiger partial charge is 0.497 e. The van der Waals surface area contributed by atoms with Crippen LogP contribution >= 0.6 is 0 Å². The second kappa shape index (κ2) is 7.80. The molecule has 0 atom stereocenters. The van der Waals surface area contributed by atoms with Gasteiger partial charge in [-0.2, -0.15) is 0 Å². The van der Waals surface area contributed by atoms with Crippen molar-refractivity contribution in [2.45, 2.75) is 18.4 Å². The Morgan fingerprint density at radius 2 is 1.63 bits per heavy atom. The Bertz CT molecular complexity index is 1020. The van der Waals surface area contributed by atoms with E-state index in [0.717, 1.165) is 11.1 Å². The number of rotatable bonds is 6. The standard InChI is InChI=1S/C21H20FNO3S/c1-16-6-12-21(13-7-16)27(24,25)23(19-10-8-18(22)9-11-19)15-17-4-3-5-20(14-17)26-2/h3-14H,15H2,1-2H3. The van der Waals surface area contributed by atoms with E-state index in [9.17, 15) is 12.8 Å². The maximum atomic E-state index is 13.4. The summed E-state index contributed by atoms with van der Waals surface area (Å²) in [5, 5.41) is 0. The minimum Gasteiger partial charge on any atom is -0.497 e. The SMILES string of the molecule is COc1cccc(CN(c2ccc(F)cc2)S(=O)(=O)c2ccc(C)cc2)c1. The molecule has 0 spiro atoms. The normalized spacial score (nSPS) is 11.2. The van der Waals surface area contributed by atoms with E-state index in [4.69, 9.17) is 4.74 Å². The van der Waals surface area contributed by atoms with E-state index in [0.29, 0.717) is 11.4 Å². The minimum atomic E-state index is -3.83. The lowest BCUT2D eigenvalue weighted by atomic mass is 10.2. The van der Waals surface area contributed by atoms with Crippen molar-refractivity contribution in [1.82, 2.24) is 0 Å². The van der Waals surface area contributed by atoms with Crippen LogP contribution in [-0.4, -0.2) is 15.5 Å². The first-order chi connectivity index (χ1) is 12.9. The molecule has 6 heteroatoms. The summed E-state index contributed by atoms with van der Waals surface area (Å²) in [6.45, 7) is 1.99. The molecular weight excluding hydrogens is 365 g/mol. The molecule has 0 aromatic heterocycles. The summed E-state index contributed by atoms with van der Waals surface area (Å²) in [5.74, 6) is 0.215. The number of anilines is 1. The number of hydrogen-bond donors (Lipinski definition) is 0. The number of benzene rings is 3. The van der Waals surface area contributed by atoms with Gasteiger partial charge in [-0.1, -0.05) is 29.8 Å². The lowest BCUT2D eigenvalue weighted by Crippen LogP contribution is -2.30. The van der Waals surface area contributed by atoms with Gasteiger partial charge in [0.05, 0.1) is 24.2 Å². The van der Waals surface area contributed by atoms with E-state index < -0.39 is 15.8 Å². The molecule has 0 N–H and O–H groups in total. The van der Waals surface area contributed by atoms with E-state index >= 15 is 0 Å². The fourth-order valence-corrected chi connectivity index (χ4v) is 4.15. The molecule has 3 rings (SSSR count). The quantitative estimate of drug-likeness (QED) is 0.626. The van der Waals surface area contributed by atoms with Crippen LogP contribution in [0.2, 0.25) is 0 Å². The highest BCUT2D eigenvalue weighted by molar-refractivity contribution is 7.92. The molecular formula is C21H20FNO3S. The predicted octanol–water partition coefficient (Wildman–Crippen LogP) is 4.54. The van der Waals surface area contributed by atoms with E-state index in [-0.39, 0.29) is 11.4 Å². The molecule has 0 amide bonds. The van der Waals surface area contributed by atoms with Gasteiger partial charge in [0.2, 0.25) is 0 Å². The molecule has 0 fully saturated rings. The summed E-state index contributed by atoms with van der Waals surface area (Å²) in [7, 11) is -2.28. The average Bonchev–Trinajstić information content (AvgIpc) is 2.67. The highest BCUT2D eigenvalue weighted by Crippen LogP contribution is 2.27. The average molecular weight is 385 g/mol. The van der Waals surface area contributed by atoms with Crippen molar-refractivity contribution in [3.63, 3.8) is 0 Å². The van der Waals surface area contributed by atoms with Crippen LogP contribution in [0.15, 0.2) is 77.7 Å². The van der Waals surface area contributed by atoms with Gasteiger partial charge in [0, 0.05) is 0 Å². The Labute approximate surface area is 158 Å². The Morgan fingerprint density at radius 1 is 0.963 bits per heavy atom. The summed E-state index contributed by atoms with van der Waals surface area (Å²) in [4.78, 5) is 0.181. The van der Waals surface area contributed by atoms with Crippen LogP contribution in [0.4, 0.5) is 10.1 Å². The molecule has 140 valence electrons. The molecule has 3 aromatic carbocycles. The topological polar surface area (TPSA) is 46.6 Å². The number of hydrogen-bond acceptors (Lipinski definition) is 3. The molecule has 0 aliphatic rings. The van der Waals surface area contributed by atoms with Crippen LogP contribution in [0.5, 0.6) is 5.75 Å². The molecule has 0 radical (unpaired) electrons. The van der Waals surface area contributed by atoms with E-state index in [1.165, 1.54) is 28.6 Å². The van der Waals surface area contributed by atoms with Gasteiger partial charge >= 0.3 is 0 Å². The predicted molar refractivity (Wildman–Crippen MR) is 104 cm³/mol. The molecule has 0 bridgehead atoms. The number of ether oxygens (including phenoxy) is 1. The van der Waals surface area contributed by atoms with Gasteiger partial charge in [-0.3, -0.25) is 4.31 Å². The zero-order valence-electron chi connectivity index (χ0n) is 15.1. The van der Waals surface area contributed by atoms with E-state index in [1.54, 1.807) is 49.6 Å². The summed E-state index contributed by atoms with van der Waals surface area (Å²) in [6, 6.07) is 19.3. The lowest BCUT2D eigenvalue weighted by molar-refractivity contribution is 0.414. The zero-order valence-corrected chi connectivity index (χ0v) is 15.9. The Hall–Kier alpha value is -2.86. The summed E-state index contributed by atoms with van der Waals surface area (Å²) in [6.07, 6.45) is 0. The Kier molecular flexibility index (Phi) is 5.46.